The highest BCUT2D eigenvalue weighted by Crippen LogP contribution is 2.37. The van der Waals surface area contributed by atoms with Gasteiger partial charge in [0.05, 0.1) is 27.6 Å². The van der Waals surface area contributed by atoms with E-state index in [2.05, 4.69) is 15.9 Å². The second kappa shape index (κ2) is 5.66. The molecule has 0 bridgehead atoms. The highest BCUT2D eigenvalue weighted by molar-refractivity contribution is 9.10. The second-order valence-corrected chi connectivity index (χ2v) is 5.86. The van der Waals surface area contributed by atoms with Crippen LogP contribution in [0.1, 0.15) is 0 Å². The lowest BCUT2D eigenvalue weighted by molar-refractivity contribution is 0.413. The molecule has 0 aliphatic heterocycles. The maximum absolute atomic E-state index is 12.7. The summed E-state index contributed by atoms with van der Waals surface area (Å²) in [6.45, 7) is 0. The molecule has 22 heavy (non-hydrogen) atoms. The van der Waals surface area contributed by atoms with Crippen LogP contribution in [0.3, 0.4) is 0 Å². The SMILES string of the molecule is COc1cc(Br)c(O)cc1-c1coc2c(Cl)cccc2c1=O. The number of phenols is 1. The van der Waals surface area contributed by atoms with Crippen molar-refractivity contribution in [3.8, 4) is 22.6 Å². The van der Waals surface area contributed by atoms with Crippen molar-refractivity contribution in [2.45, 2.75) is 0 Å². The van der Waals surface area contributed by atoms with Gasteiger partial charge in [0, 0.05) is 5.56 Å². The first-order chi connectivity index (χ1) is 10.5. The molecular formula is C16H10BrClO4. The Bertz CT molecular complexity index is 933. The van der Waals surface area contributed by atoms with Crippen molar-refractivity contribution in [1.82, 2.24) is 0 Å². The number of halogens is 2. The van der Waals surface area contributed by atoms with Gasteiger partial charge in [0.15, 0.2) is 5.58 Å². The molecule has 0 aliphatic rings. The number of aromatic hydroxyl groups is 1. The van der Waals surface area contributed by atoms with Crippen molar-refractivity contribution in [2.24, 2.45) is 0 Å². The Morgan fingerprint density at radius 1 is 1.27 bits per heavy atom. The smallest absolute Gasteiger partial charge is 0.200 e. The van der Waals surface area contributed by atoms with E-state index >= 15 is 0 Å². The summed E-state index contributed by atoms with van der Waals surface area (Å²) in [5.74, 6) is 0.444. The van der Waals surface area contributed by atoms with E-state index in [1.54, 1.807) is 24.3 Å². The van der Waals surface area contributed by atoms with Gasteiger partial charge in [-0.05, 0) is 40.2 Å². The summed E-state index contributed by atoms with van der Waals surface area (Å²) < 4.78 is 11.2. The van der Waals surface area contributed by atoms with Gasteiger partial charge in [-0.1, -0.05) is 17.7 Å². The predicted octanol–water partition coefficient (Wildman–Crippen LogP) is 4.59. The Kier molecular flexibility index (Phi) is 3.85. The van der Waals surface area contributed by atoms with Crippen LogP contribution in [-0.4, -0.2) is 12.2 Å². The number of hydrogen-bond donors (Lipinski definition) is 1. The lowest BCUT2D eigenvalue weighted by atomic mass is 10.0. The van der Waals surface area contributed by atoms with Gasteiger partial charge >= 0.3 is 0 Å². The van der Waals surface area contributed by atoms with Gasteiger partial charge in [0.2, 0.25) is 5.43 Å². The van der Waals surface area contributed by atoms with Crippen LogP contribution in [0, 0.1) is 0 Å². The summed E-state index contributed by atoms with van der Waals surface area (Å²) in [4.78, 5) is 12.7. The molecule has 0 saturated carbocycles. The molecule has 1 N–H and O–H groups in total. The molecule has 0 aliphatic carbocycles. The van der Waals surface area contributed by atoms with Gasteiger partial charge in [-0.2, -0.15) is 0 Å². The Balaban J connectivity index is 2.34. The molecule has 0 fully saturated rings. The zero-order valence-corrected chi connectivity index (χ0v) is 13.7. The number of methoxy groups -OCH3 is 1. The molecule has 0 radical (unpaired) electrons. The third-order valence-electron chi connectivity index (χ3n) is 3.31. The standard InChI is InChI=1S/C16H10BrClO4/c1-21-14-6-11(17)13(19)5-9(14)10-7-22-16-8(15(10)20)3-2-4-12(16)18/h2-7,19H,1H3. The van der Waals surface area contributed by atoms with Gasteiger partial charge < -0.3 is 14.3 Å². The molecule has 0 amide bonds. The number of fused-ring (bicyclic) bond motifs is 1. The van der Waals surface area contributed by atoms with Crippen LogP contribution in [0.2, 0.25) is 5.02 Å². The van der Waals surface area contributed by atoms with Gasteiger partial charge in [0.25, 0.3) is 0 Å². The summed E-state index contributed by atoms with van der Waals surface area (Å²) in [5, 5.41) is 10.6. The highest BCUT2D eigenvalue weighted by atomic mass is 79.9. The number of ether oxygens (including phenoxy) is 1. The minimum absolute atomic E-state index is 0.00129. The van der Waals surface area contributed by atoms with E-state index in [9.17, 15) is 9.90 Å². The van der Waals surface area contributed by atoms with Gasteiger partial charge in [-0.15, -0.1) is 0 Å². The molecule has 3 rings (SSSR count). The normalized spacial score (nSPS) is 10.9. The van der Waals surface area contributed by atoms with Crippen LogP contribution in [0.25, 0.3) is 22.1 Å². The van der Waals surface area contributed by atoms with E-state index < -0.39 is 0 Å². The second-order valence-electron chi connectivity index (χ2n) is 4.60. The van der Waals surface area contributed by atoms with Crippen molar-refractivity contribution >= 4 is 38.5 Å². The molecule has 0 atom stereocenters. The summed E-state index contributed by atoms with van der Waals surface area (Å²) in [6, 6.07) is 8.01. The Morgan fingerprint density at radius 3 is 2.77 bits per heavy atom. The maximum Gasteiger partial charge on any atom is 0.200 e. The number of benzene rings is 2. The molecule has 0 saturated heterocycles. The molecule has 1 aromatic heterocycles. The maximum atomic E-state index is 12.7. The molecule has 1 heterocycles. The molecule has 2 aromatic carbocycles. The fourth-order valence-electron chi connectivity index (χ4n) is 2.23. The lowest BCUT2D eigenvalue weighted by Gasteiger charge is -2.10. The number of hydrogen-bond acceptors (Lipinski definition) is 4. The third-order valence-corrected chi connectivity index (χ3v) is 4.24. The van der Waals surface area contributed by atoms with E-state index in [0.717, 1.165) is 0 Å². The molecule has 0 spiro atoms. The molecule has 3 aromatic rings. The van der Waals surface area contributed by atoms with Gasteiger partial charge in [-0.3, -0.25) is 4.79 Å². The highest BCUT2D eigenvalue weighted by Gasteiger charge is 2.16. The average Bonchev–Trinajstić information content (AvgIpc) is 2.51. The number of rotatable bonds is 2. The van der Waals surface area contributed by atoms with Crippen LogP contribution in [0.5, 0.6) is 11.5 Å². The monoisotopic (exact) mass is 380 g/mol. The first kappa shape index (κ1) is 14.9. The predicted molar refractivity (Wildman–Crippen MR) is 88.8 cm³/mol. The first-order valence-corrected chi connectivity index (χ1v) is 7.47. The first-order valence-electron chi connectivity index (χ1n) is 6.30. The largest absolute Gasteiger partial charge is 0.507 e. The van der Waals surface area contributed by atoms with E-state index in [1.165, 1.54) is 19.4 Å². The third kappa shape index (κ3) is 2.36. The quantitative estimate of drug-likeness (QED) is 0.705. The Labute approximate surface area is 139 Å². The van der Waals surface area contributed by atoms with Crippen LogP contribution in [-0.2, 0) is 0 Å². The molecule has 0 unspecified atom stereocenters. The molecule has 4 nitrogen and oxygen atoms in total. The summed E-state index contributed by atoms with van der Waals surface area (Å²) in [6.07, 6.45) is 1.32. The fraction of sp³-hybridized carbons (Fsp3) is 0.0625. The number of para-hydroxylation sites is 1. The zero-order chi connectivity index (χ0) is 15.9. The summed E-state index contributed by atoms with van der Waals surface area (Å²) in [7, 11) is 1.49. The average molecular weight is 382 g/mol. The molecular weight excluding hydrogens is 372 g/mol. The molecule has 6 heteroatoms. The van der Waals surface area contributed by atoms with Crippen molar-refractivity contribution < 1.29 is 14.3 Å². The Hall–Kier alpha value is -1.98. The minimum Gasteiger partial charge on any atom is -0.507 e. The molecule has 112 valence electrons. The van der Waals surface area contributed by atoms with E-state index in [0.29, 0.717) is 31.8 Å². The van der Waals surface area contributed by atoms with E-state index in [-0.39, 0.29) is 16.7 Å². The van der Waals surface area contributed by atoms with Crippen molar-refractivity contribution in [3.63, 3.8) is 0 Å². The van der Waals surface area contributed by atoms with Crippen LogP contribution >= 0.6 is 27.5 Å². The minimum atomic E-state index is -0.247. The van der Waals surface area contributed by atoms with Crippen LogP contribution < -0.4 is 10.2 Å². The van der Waals surface area contributed by atoms with E-state index in [1.807, 2.05) is 0 Å². The van der Waals surface area contributed by atoms with Crippen LogP contribution in [0.15, 0.2) is 50.3 Å². The van der Waals surface area contributed by atoms with Crippen LogP contribution in [0.4, 0.5) is 0 Å². The van der Waals surface area contributed by atoms with E-state index in [4.69, 9.17) is 20.8 Å². The lowest BCUT2D eigenvalue weighted by Crippen LogP contribution is -2.05. The number of phenolic OH excluding ortho intramolecular Hbond substituents is 1. The van der Waals surface area contributed by atoms with Crippen molar-refractivity contribution in [1.29, 1.82) is 0 Å². The van der Waals surface area contributed by atoms with Gasteiger partial charge in [0.1, 0.15) is 17.8 Å². The Morgan fingerprint density at radius 2 is 2.05 bits per heavy atom. The summed E-state index contributed by atoms with van der Waals surface area (Å²) >= 11 is 9.24. The van der Waals surface area contributed by atoms with Crippen molar-refractivity contribution in [3.05, 3.63) is 56.3 Å². The zero-order valence-electron chi connectivity index (χ0n) is 11.4. The fourth-order valence-corrected chi connectivity index (χ4v) is 2.77. The van der Waals surface area contributed by atoms with Gasteiger partial charge in [-0.25, -0.2) is 0 Å². The topological polar surface area (TPSA) is 59.7 Å². The summed E-state index contributed by atoms with van der Waals surface area (Å²) in [5.41, 5.74) is 0.815. The van der Waals surface area contributed by atoms with Crippen molar-refractivity contribution in [2.75, 3.05) is 7.11 Å².